The molecule has 2 nitrogen and oxygen atoms in total. The van der Waals surface area contributed by atoms with Gasteiger partial charge in [-0.25, -0.2) is 0 Å². The molecule has 0 bridgehead atoms. The first-order valence-electron chi connectivity index (χ1n) is 6.31. The van der Waals surface area contributed by atoms with Gasteiger partial charge in [0.25, 0.3) is 0 Å². The summed E-state index contributed by atoms with van der Waals surface area (Å²) in [7, 11) is 0. The SMILES string of the molecule is CCNC(CCOCC)Cc1ccc(I)cc1. The van der Waals surface area contributed by atoms with Gasteiger partial charge in [0.1, 0.15) is 0 Å². The van der Waals surface area contributed by atoms with Crippen molar-refractivity contribution in [3.8, 4) is 0 Å². The summed E-state index contributed by atoms with van der Waals surface area (Å²) in [6.45, 7) is 6.87. The summed E-state index contributed by atoms with van der Waals surface area (Å²) < 4.78 is 6.72. The number of nitrogens with one attached hydrogen (secondary N) is 1. The lowest BCUT2D eigenvalue weighted by Gasteiger charge is -2.17. The zero-order valence-corrected chi connectivity index (χ0v) is 12.9. The highest BCUT2D eigenvalue weighted by Gasteiger charge is 2.08. The van der Waals surface area contributed by atoms with E-state index >= 15 is 0 Å². The third-order valence-corrected chi connectivity index (χ3v) is 3.42. The first-order chi connectivity index (χ1) is 8.26. The summed E-state index contributed by atoms with van der Waals surface area (Å²) in [5.41, 5.74) is 1.40. The Morgan fingerprint density at radius 2 is 1.94 bits per heavy atom. The average molecular weight is 347 g/mol. The maximum Gasteiger partial charge on any atom is 0.0480 e. The Labute approximate surface area is 118 Å². The van der Waals surface area contributed by atoms with E-state index in [2.05, 4.69) is 59.1 Å². The Morgan fingerprint density at radius 1 is 1.24 bits per heavy atom. The van der Waals surface area contributed by atoms with Crippen molar-refractivity contribution in [1.29, 1.82) is 0 Å². The number of likely N-dealkylation sites (N-methyl/N-ethyl adjacent to an activating group) is 1. The zero-order chi connectivity index (χ0) is 12.5. The lowest BCUT2D eigenvalue weighted by molar-refractivity contribution is 0.136. The zero-order valence-electron chi connectivity index (χ0n) is 10.7. The second kappa shape index (κ2) is 8.89. The highest BCUT2D eigenvalue weighted by Crippen LogP contribution is 2.10. The third kappa shape index (κ3) is 6.38. The number of hydrogen-bond acceptors (Lipinski definition) is 2. The highest BCUT2D eigenvalue weighted by molar-refractivity contribution is 14.1. The third-order valence-electron chi connectivity index (χ3n) is 2.70. The maximum absolute atomic E-state index is 5.43. The van der Waals surface area contributed by atoms with Crippen LogP contribution < -0.4 is 5.32 Å². The Morgan fingerprint density at radius 3 is 2.53 bits per heavy atom. The van der Waals surface area contributed by atoms with Crippen molar-refractivity contribution in [2.45, 2.75) is 32.7 Å². The van der Waals surface area contributed by atoms with Crippen molar-refractivity contribution in [3.05, 3.63) is 33.4 Å². The van der Waals surface area contributed by atoms with Crippen molar-refractivity contribution >= 4 is 22.6 Å². The van der Waals surface area contributed by atoms with Gasteiger partial charge in [0.05, 0.1) is 0 Å². The van der Waals surface area contributed by atoms with Crippen LogP contribution >= 0.6 is 22.6 Å². The first kappa shape index (κ1) is 14.9. The molecular formula is C14H22INO. The van der Waals surface area contributed by atoms with E-state index in [1.54, 1.807) is 0 Å². The Kier molecular flexibility index (Phi) is 7.81. The summed E-state index contributed by atoms with van der Waals surface area (Å²) in [5, 5.41) is 3.52. The van der Waals surface area contributed by atoms with E-state index in [-0.39, 0.29) is 0 Å². The molecule has 0 radical (unpaired) electrons. The predicted molar refractivity (Wildman–Crippen MR) is 81.4 cm³/mol. The molecule has 3 heteroatoms. The number of benzene rings is 1. The maximum atomic E-state index is 5.43. The normalized spacial score (nSPS) is 12.6. The monoisotopic (exact) mass is 347 g/mol. The summed E-state index contributed by atoms with van der Waals surface area (Å²) in [4.78, 5) is 0. The minimum Gasteiger partial charge on any atom is -0.382 e. The molecule has 0 aliphatic carbocycles. The van der Waals surface area contributed by atoms with Gasteiger partial charge in [-0.05, 0) is 66.6 Å². The van der Waals surface area contributed by atoms with Crippen molar-refractivity contribution < 1.29 is 4.74 Å². The lowest BCUT2D eigenvalue weighted by atomic mass is 10.0. The van der Waals surface area contributed by atoms with Gasteiger partial charge in [-0.2, -0.15) is 0 Å². The van der Waals surface area contributed by atoms with Crippen LogP contribution in [-0.4, -0.2) is 25.8 Å². The van der Waals surface area contributed by atoms with Gasteiger partial charge in [-0.3, -0.25) is 0 Å². The van der Waals surface area contributed by atoms with E-state index in [1.165, 1.54) is 9.13 Å². The molecular weight excluding hydrogens is 325 g/mol. The number of rotatable bonds is 8. The molecule has 1 aromatic rings. The molecule has 0 aliphatic heterocycles. The molecule has 0 spiro atoms. The van der Waals surface area contributed by atoms with Gasteiger partial charge in [-0.1, -0.05) is 19.1 Å². The molecule has 1 atom stereocenters. The van der Waals surface area contributed by atoms with E-state index in [9.17, 15) is 0 Å². The lowest BCUT2D eigenvalue weighted by Crippen LogP contribution is -2.32. The average Bonchev–Trinajstić information content (AvgIpc) is 2.32. The fourth-order valence-corrected chi connectivity index (χ4v) is 2.20. The van der Waals surface area contributed by atoms with Crippen molar-refractivity contribution in [1.82, 2.24) is 5.32 Å². The van der Waals surface area contributed by atoms with Crippen LogP contribution in [0.1, 0.15) is 25.8 Å². The van der Waals surface area contributed by atoms with Crippen LogP contribution in [0.15, 0.2) is 24.3 Å². The van der Waals surface area contributed by atoms with Crippen molar-refractivity contribution in [2.24, 2.45) is 0 Å². The summed E-state index contributed by atoms with van der Waals surface area (Å²) in [6.07, 6.45) is 2.16. The number of ether oxygens (including phenoxy) is 1. The van der Waals surface area contributed by atoms with Crippen molar-refractivity contribution in [3.63, 3.8) is 0 Å². The van der Waals surface area contributed by atoms with Gasteiger partial charge in [-0.15, -0.1) is 0 Å². The standard InChI is InChI=1S/C14H22INO/c1-3-16-14(9-10-17-4-2)11-12-5-7-13(15)8-6-12/h5-8,14,16H,3-4,9-11H2,1-2H3. The molecule has 0 fully saturated rings. The van der Waals surface area contributed by atoms with Crippen LogP contribution in [0.5, 0.6) is 0 Å². The summed E-state index contributed by atoms with van der Waals surface area (Å²) in [5.74, 6) is 0. The Hall–Kier alpha value is -0.130. The van der Waals surface area contributed by atoms with Crippen LogP contribution in [0.4, 0.5) is 0 Å². The van der Waals surface area contributed by atoms with Gasteiger partial charge in [0.15, 0.2) is 0 Å². The molecule has 17 heavy (non-hydrogen) atoms. The fourth-order valence-electron chi connectivity index (χ4n) is 1.84. The molecule has 0 saturated heterocycles. The van der Waals surface area contributed by atoms with Crippen LogP contribution in [0, 0.1) is 3.57 Å². The van der Waals surface area contributed by atoms with Gasteiger partial charge >= 0.3 is 0 Å². The van der Waals surface area contributed by atoms with Crippen molar-refractivity contribution in [2.75, 3.05) is 19.8 Å². The predicted octanol–water partition coefficient (Wildman–Crippen LogP) is 3.24. The molecule has 96 valence electrons. The van der Waals surface area contributed by atoms with Crippen LogP contribution in [0.2, 0.25) is 0 Å². The quantitative estimate of drug-likeness (QED) is 0.576. The summed E-state index contributed by atoms with van der Waals surface area (Å²) >= 11 is 2.34. The molecule has 1 N–H and O–H groups in total. The van der Waals surface area contributed by atoms with E-state index in [0.29, 0.717) is 6.04 Å². The molecule has 1 unspecified atom stereocenters. The molecule has 0 aliphatic rings. The minimum absolute atomic E-state index is 0.520. The van der Waals surface area contributed by atoms with Crippen LogP contribution in [-0.2, 0) is 11.2 Å². The fraction of sp³-hybridized carbons (Fsp3) is 0.571. The molecule has 0 amide bonds. The largest absolute Gasteiger partial charge is 0.382 e. The summed E-state index contributed by atoms with van der Waals surface area (Å²) in [6, 6.07) is 9.29. The Balaban J connectivity index is 2.44. The molecule has 0 saturated carbocycles. The molecule has 1 aromatic carbocycles. The minimum atomic E-state index is 0.520. The van der Waals surface area contributed by atoms with E-state index in [1.807, 2.05) is 6.92 Å². The first-order valence-corrected chi connectivity index (χ1v) is 7.39. The van der Waals surface area contributed by atoms with Gasteiger partial charge in [0.2, 0.25) is 0 Å². The number of halogens is 1. The molecule has 0 aromatic heterocycles. The second-order valence-electron chi connectivity index (χ2n) is 4.07. The second-order valence-corrected chi connectivity index (χ2v) is 5.32. The van der Waals surface area contributed by atoms with E-state index < -0.39 is 0 Å². The number of hydrogen-bond donors (Lipinski definition) is 1. The van der Waals surface area contributed by atoms with Gasteiger partial charge in [0, 0.05) is 22.8 Å². The smallest absolute Gasteiger partial charge is 0.0480 e. The van der Waals surface area contributed by atoms with Gasteiger partial charge < -0.3 is 10.1 Å². The van der Waals surface area contributed by atoms with Crippen LogP contribution in [0.3, 0.4) is 0 Å². The van der Waals surface area contributed by atoms with Crippen LogP contribution in [0.25, 0.3) is 0 Å². The molecule has 1 rings (SSSR count). The highest BCUT2D eigenvalue weighted by atomic mass is 127. The molecule has 0 heterocycles. The van der Waals surface area contributed by atoms with E-state index in [0.717, 1.165) is 32.6 Å². The Bertz CT molecular complexity index is 300. The topological polar surface area (TPSA) is 21.3 Å². The van der Waals surface area contributed by atoms with E-state index in [4.69, 9.17) is 4.74 Å².